The number of nitrogens with zero attached hydrogens (tertiary/aromatic N) is 2. The molecule has 6 aromatic carbocycles. The number of rotatable bonds is 2. The first-order chi connectivity index (χ1) is 19.4. The molecule has 39 heavy (non-hydrogen) atoms. The molecule has 3 heterocycles. The smallest absolute Gasteiger partial charge is 0.160 e. The van der Waals surface area contributed by atoms with E-state index in [1.807, 2.05) is 6.07 Å². The van der Waals surface area contributed by atoms with Crippen molar-refractivity contribution in [1.29, 1.82) is 0 Å². The molecule has 0 unspecified atom stereocenters. The number of benzene rings is 6. The number of aromatic nitrogens is 2. The second-order valence-corrected chi connectivity index (χ2v) is 10.2. The minimum atomic E-state index is 0.913. The van der Waals surface area contributed by atoms with Crippen LogP contribution in [0.15, 0.2) is 138 Å². The second kappa shape index (κ2) is 7.62. The highest BCUT2D eigenvalue weighted by Gasteiger charge is 2.21. The highest BCUT2D eigenvalue weighted by atomic mass is 16.3. The number of furan rings is 1. The van der Waals surface area contributed by atoms with Gasteiger partial charge in [0.15, 0.2) is 5.58 Å². The third-order valence-electron chi connectivity index (χ3n) is 8.09. The Hall–Kier alpha value is -5.28. The van der Waals surface area contributed by atoms with E-state index in [1.54, 1.807) is 0 Å². The van der Waals surface area contributed by atoms with E-state index in [9.17, 15) is 0 Å². The van der Waals surface area contributed by atoms with Gasteiger partial charge in [0.1, 0.15) is 5.58 Å². The van der Waals surface area contributed by atoms with Crippen molar-refractivity contribution in [2.75, 3.05) is 0 Å². The third kappa shape index (κ3) is 2.76. The normalized spacial score (nSPS) is 12.1. The molecule has 0 atom stereocenters. The summed E-state index contributed by atoms with van der Waals surface area (Å²) in [5.74, 6) is 0. The van der Waals surface area contributed by atoms with Crippen molar-refractivity contribution in [2.45, 2.75) is 0 Å². The summed E-state index contributed by atoms with van der Waals surface area (Å²) in [6.07, 6.45) is 0. The van der Waals surface area contributed by atoms with E-state index in [0.29, 0.717) is 0 Å². The summed E-state index contributed by atoms with van der Waals surface area (Å²) in [7, 11) is 0. The van der Waals surface area contributed by atoms with Crippen LogP contribution in [-0.4, -0.2) is 9.13 Å². The molecule has 0 amide bonds. The molecular weight excluding hydrogens is 476 g/mol. The Bertz CT molecular complexity index is 2370. The lowest BCUT2D eigenvalue weighted by Gasteiger charge is -2.09. The van der Waals surface area contributed by atoms with Crippen LogP contribution in [-0.2, 0) is 0 Å². The highest BCUT2D eigenvalue weighted by molar-refractivity contribution is 6.24. The van der Waals surface area contributed by atoms with Crippen LogP contribution in [0.4, 0.5) is 0 Å². The van der Waals surface area contributed by atoms with E-state index in [-0.39, 0.29) is 0 Å². The highest BCUT2D eigenvalue weighted by Crippen LogP contribution is 2.43. The molecule has 0 radical (unpaired) electrons. The van der Waals surface area contributed by atoms with Crippen molar-refractivity contribution in [3.8, 4) is 11.4 Å². The van der Waals surface area contributed by atoms with Crippen molar-refractivity contribution in [3.05, 3.63) is 133 Å². The van der Waals surface area contributed by atoms with Crippen LogP contribution in [0.3, 0.4) is 0 Å². The molecule has 3 heteroatoms. The summed E-state index contributed by atoms with van der Waals surface area (Å²) in [5.41, 5.74) is 8.81. The Morgan fingerprint density at radius 1 is 0.385 bits per heavy atom. The van der Waals surface area contributed by atoms with Crippen molar-refractivity contribution < 1.29 is 4.42 Å². The van der Waals surface area contributed by atoms with Gasteiger partial charge in [-0.3, -0.25) is 0 Å². The lowest BCUT2D eigenvalue weighted by atomic mass is 10.1. The van der Waals surface area contributed by atoms with Crippen molar-refractivity contribution in [3.63, 3.8) is 0 Å². The van der Waals surface area contributed by atoms with Crippen LogP contribution < -0.4 is 0 Å². The SMILES string of the molecule is c1ccc(-n2c3ccccc3c3cc4c(cc32)c2ccc3c5ccccc5oc3c2n4-c2ccccc2)cc1. The van der Waals surface area contributed by atoms with Gasteiger partial charge in [-0.25, -0.2) is 0 Å². The van der Waals surface area contributed by atoms with Gasteiger partial charge in [-0.2, -0.15) is 0 Å². The van der Waals surface area contributed by atoms with Crippen molar-refractivity contribution in [2.24, 2.45) is 0 Å². The zero-order valence-corrected chi connectivity index (χ0v) is 21.0. The monoisotopic (exact) mass is 498 g/mol. The van der Waals surface area contributed by atoms with Crippen LogP contribution in [0.5, 0.6) is 0 Å². The van der Waals surface area contributed by atoms with Crippen LogP contribution in [0.25, 0.3) is 76.9 Å². The van der Waals surface area contributed by atoms with E-state index in [2.05, 4.69) is 137 Å². The quantitative estimate of drug-likeness (QED) is 0.233. The molecule has 0 saturated heterocycles. The minimum Gasteiger partial charge on any atom is -0.454 e. The molecule has 0 fully saturated rings. The third-order valence-corrected chi connectivity index (χ3v) is 8.09. The first-order valence-corrected chi connectivity index (χ1v) is 13.3. The summed E-state index contributed by atoms with van der Waals surface area (Å²) in [5, 5.41) is 7.17. The second-order valence-electron chi connectivity index (χ2n) is 10.2. The van der Waals surface area contributed by atoms with Crippen LogP contribution >= 0.6 is 0 Å². The Balaban J connectivity index is 1.52. The number of hydrogen-bond donors (Lipinski definition) is 0. The fourth-order valence-electron chi connectivity index (χ4n) is 6.44. The summed E-state index contributed by atoms with van der Waals surface area (Å²) in [4.78, 5) is 0. The zero-order chi connectivity index (χ0) is 25.5. The van der Waals surface area contributed by atoms with Crippen molar-refractivity contribution in [1.82, 2.24) is 9.13 Å². The largest absolute Gasteiger partial charge is 0.454 e. The Morgan fingerprint density at radius 3 is 1.72 bits per heavy atom. The summed E-state index contributed by atoms with van der Waals surface area (Å²) >= 11 is 0. The predicted octanol–water partition coefficient (Wildman–Crippen LogP) is 9.78. The van der Waals surface area contributed by atoms with E-state index >= 15 is 0 Å². The summed E-state index contributed by atoms with van der Waals surface area (Å²) in [6.45, 7) is 0. The Labute approximate surface area is 223 Å². The van der Waals surface area contributed by atoms with Gasteiger partial charge in [-0.15, -0.1) is 0 Å². The molecule has 182 valence electrons. The van der Waals surface area contributed by atoms with Gasteiger partial charge in [0, 0.05) is 43.7 Å². The van der Waals surface area contributed by atoms with Gasteiger partial charge in [0.25, 0.3) is 0 Å². The van der Waals surface area contributed by atoms with Gasteiger partial charge in [0.2, 0.25) is 0 Å². The molecule has 3 nitrogen and oxygen atoms in total. The minimum absolute atomic E-state index is 0.913. The summed E-state index contributed by atoms with van der Waals surface area (Å²) < 4.78 is 11.3. The fourth-order valence-corrected chi connectivity index (χ4v) is 6.44. The maximum absolute atomic E-state index is 6.57. The molecule has 9 rings (SSSR count). The van der Waals surface area contributed by atoms with Crippen molar-refractivity contribution >= 4 is 65.6 Å². The topological polar surface area (TPSA) is 23.0 Å². The molecular formula is C36H22N2O. The standard InChI is InChI=1S/C36H22N2O/c1-3-11-23(12-4-1)37-31-17-9-7-15-25(31)29-21-33-30(22-32(29)37)27-19-20-28-26-16-8-10-18-34(26)39-36(28)35(27)38(33)24-13-5-2-6-14-24/h1-22H. The number of fused-ring (bicyclic) bond motifs is 10. The number of para-hydroxylation sites is 4. The molecule has 0 aliphatic heterocycles. The van der Waals surface area contributed by atoms with Crippen LogP contribution in [0.2, 0.25) is 0 Å². The Kier molecular flexibility index (Phi) is 4.05. The van der Waals surface area contributed by atoms with Gasteiger partial charge < -0.3 is 13.6 Å². The predicted molar refractivity (Wildman–Crippen MR) is 162 cm³/mol. The molecule has 0 saturated carbocycles. The average molecular weight is 499 g/mol. The molecule has 0 aliphatic carbocycles. The number of hydrogen-bond acceptors (Lipinski definition) is 1. The van der Waals surface area contributed by atoms with Gasteiger partial charge in [-0.05, 0) is 54.6 Å². The van der Waals surface area contributed by atoms with E-state index < -0.39 is 0 Å². The molecule has 0 N–H and O–H groups in total. The maximum Gasteiger partial charge on any atom is 0.160 e. The van der Waals surface area contributed by atoms with E-state index in [1.165, 1.54) is 38.1 Å². The van der Waals surface area contributed by atoms with Gasteiger partial charge in [-0.1, -0.05) is 78.9 Å². The van der Waals surface area contributed by atoms with Gasteiger partial charge in [0.05, 0.1) is 22.1 Å². The maximum atomic E-state index is 6.57. The molecule has 9 aromatic rings. The molecule has 0 bridgehead atoms. The van der Waals surface area contributed by atoms with E-state index in [4.69, 9.17) is 4.42 Å². The molecule has 0 aliphatic rings. The lowest BCUT2D eigenvalue weighted by Crippen LogP contribution is -1.94. The molecule has 3 aromatic heterocycles. The molecule has 0 spiro atoms. The van der Waals surface area contributed by atoms with Gasteiger partial charge >= 0.3 is 0 Å². The average Bonchev–Trinajstić information content (AvgIpc) is 3.64. The first kappa shape index (κ1) is 20.7. The lowest BCUT2D eigenvalue weighted by molar-refractivity contribution is 0.671. The van der Waals surface area contributed by atoms with E-state index in [0.717, 1.165) is 38.8 Å². The first-order valence-electron chi connectivity index (χ1n) is 13.3. The zero-order valence-electron chi connectivity index (χ0n) is 21.0. The van der Waals surface area contributed by atoms with Crippen LogP contribution in [0.1, 0.15) is 0 Å². The van der Waals surface area contributed by atoms with Crippen LogP contribution in [0, 0.1) is 0 Å². The summed E-state index contributed by atoms with van der Waals surface area (Å²) in [6, 6.07) is 47.5. The Morgan fingerprint density at radius 2 is 0.949 bits per heavy atom. The fraction of sp³-hybridized carbons (Fsp3) is 0.